The molecule has 8 heteroatoms. The second-order valence-electron chi connectivity index (χ2n) is 5.53. The van der Waals surface area contributed by atoms with Crippen LogP contribution in [0.3, 0.4) is 0 Å². The molecular weight excluding hydrogens is 344 g/mol. The van der Waals surface area contributed by atoms with E-state index in [1.165, 1.54) is 30.3 Å². The van der Waals surface area contributed by atoms with Gasteiger partial charge in [-0.25, -0.2) is 8.42 Å². The summed E-state index contributed by atoms with van der Waals surface area (Å²) < 4.78 is 24.7. The molecule has 25 heavy (non-hydrogen) atoms. The van der Waals surface area contributed by atoms with Crippen LogP contribution in [-0.4, -0.2) is 25.0 Å². The van der Waals surface area contributed by atoms with Gasteiger partial charge in [0.25, 0.3) is 11.6 Å². The summed E-state index contributed by atoms with van der Waals surface area (Å²) in [6.45, 7) is 3.44. The molecule has 0 atom stereocenters. The molecule has 0 heterocycles. The van der Waals surface area contributed by atoms with Gasteiger partial charge in [-0.1, -0.05) is 25.1 Å². The van der Waals surface area contributed by atoms with E-state index in [-0.39, 0.29) is 27.6 Å². The van der Waals surface area contributed by atoms with Crippen molar-refractivity contribution in [1.82, 2.24) is 0 Å². The number of nitrogens with one attached hydrogen (secondary N) is 1. The molecule has 0 unspecified atom stereocenters. The van der Waals surface area contributed by atoms with E-state index in [1.54, 1.807) is 26.0 Å². The highest BCUT2D eigenvalue weighted by Gasteiger charge is 2.22. The Labute approximate surface area is 145 Å². The van der Waals surface area contributed by atoms with Crippen molar-refractivity contribution in [3.63, 3.8) is 0 Å². The molecule has 0 aromatic heterocycles. The van der Waals surface area contributed by atoms with Crippen LogP contribution in [0.25, 0.3) is 0 Å². The number of benzene rings is 2. The lowest BCUT2D eigenvalue weighted by atomic mass is 10.1. The Kier molecular flexibility index (Phi) is 5.53. The van der Waals surface area contributed by atoms with E-state index >= 15 is 0 Å². The minimum atomic E-state index is -3.58. The third-order valence-corrected chi connectivity index (χ3v) is 5.59. The standard InChI is InChI=1S/C17H18N2O5S/c1-3-10-25(23,24)16-7-5-4-6-14(16)17(20)18-15-11-13(19(21)22)9-8-12(15)2/h4-9,11H,3,10H2,1-2H3,(H,18,20). The van der Waals surface area contributed by atoms with Gasteiger partial charge in [-0.2, -0.15) is 0 Å². The third kappa shape index (κ3) is 4.21. The largest absolute Gasteiger partial charge is 0.321 e. The van der Waals surface area contributed by atoms with Gasteiger partial charge >= 0.3 is 0 Å². The topological polar surface area (TPSA) is 106 Å². The summed E-state index contributed by atoms with van der Waals surface area (Å²) in [7, 11) is -3.58. The summed E-state index contributed by atoms with van der Waals surface area (Å²) >= 11 is 0. The number of nitro benzene ring substituents is 1. The molecule has 0 saturated heterocycles. The highest BCUT2D eigenvalue weighted by atomic mass is 32.2. The van der Waals surface area contributed by atoms with Gasteiger partial charge < -0.3 is 5.32 Å². The lowest BCUT2D eigenvalue weighted by Crippen LogP contribution is -2.18. The Morgan fingerprint density at radius 1 is 1.20 bits per heavy atom. The van der Waals surface area contributed by atoms with Crippen molar-refractivity contribution in [3.8, 4) is 0 Å². The molecule has 132 valence electrons. The predicted molar refractivity (Wildman–Crippen MR) is 94.6 cm³/mol. The van der Waals surface area contributed by atoms with Crippen molar-refractivity contribution in [2.45, 2.75) is 25.2 Å². The predicted octanol–water partition coefficient (Wildman–Crippen LogP) is 3.34. The van der Waals surface area contributed by atoms with E-state index in [0.29, 0.717) is 12.0 Å². The molecule has 1 N–H and O–H groups in total. The fourth-order valence-electron chi connectivity index (χ4n) is 2.35. The second kappa shape index (κ2) is 7.43. The smallest absolute Gasteiger partial charge is 0.271 e. The van der Waals surface area contributed by atoms with E-state index in [9.17, 15) is 23.3 Å². The number of sulfone groups is 1. The van der Waals surface area contributed by atoms with Crippen molar-refractivity contribution in [2.24, 2.45) is 0 Å². The number of nitro groups is 1. The van der Waals surface area contributed by atoms with Crippen molar-refractivity contribution >= 4 is 27.1 Å². The van der Waals surface area contributed by atoms with Gasteiger partial charge in [0.2, 0.25) is 0 Å². The maximum Gasteiger partial charge on any atom is 0.271 e. The number of carbonyl (C=O) groups excluding carboxylic acids is 1. The van der Waals surface area contributed by atoms with E-state index in [4.69, 9.17) is 0 Å². The van der Waals surface area contributed by atoms with Gasteiger partial charge in [0.05, 0.1) is 26.8 Å². The zero-order valence-corrected chi connectivity index (χ0v) is 14.7. The van der Waals surface area contributed by atoms with Crippen LogP contribution in [0.2, 0.25) is 0 Å². The Balaban J connectivity index is 2.41. The first-order valence-electron chi connectivity index (χ1n) is 7.64. The number of aryl methyl sites for hydroxylation is 1. The van der Waals surface area contributed by atoms with Crippen LogP contribution >= 0.6 is 0 Å². The van der Waals surface area contributed by atoms with Crippen molar-refractivity contribution in [3.05, 3.63) is 63.7 Å². The first-order valence-corrected chi connectivity index (χ1v) is 9.29. The molecule has 0 fully saturated rings. The number of hydrogen-bond acceptors (Lipinski definition) is 5. The molecule has 0 aliphatic heterocycles. The van der Waals surface area contributed by atoms with Crippen LogP contribution in [0.15, 0.2) is 47.4 Å². The zero-order chi connectivity index (χ0) is 18.6. The van der Waals surface area contributed by atoms with E-state index in [1.807, 2.05) is 0 Å². The van der Waals surface area contributed by atoms with Gasteiger partial charge in [-0.15, -0.1) is 0 Å². The molecular formula is C17H18N2O5S. The van der Waals surface area contributed by atoms with Crippen LogP contribution in [0.5, 0.6) is 0 Å². The fraction of sp³-hybridized carbons (Fsp3) is 0.235. The number of nitrogens with zero attached hydrogens (tertiary/aromatic N) is 1. The normalized spacial score (nSPS) is 11.1. The number of anilines is 1. The van der Waals surface area contributed by atoms with E-state index in [2.05, 4.69) is 5.32 Å². The molecule has 2 aromatic carbocycles. The number of hydrogen-bond donors (Lipinski definition) is 1. The summed E-state index contributed by atoms with van der Waals surface area (Å²) in [5.41, 5.74) is 0.754. The molecule has 0 saturated carbocycles. The number of carbonyl (C=O) groups is 1. The number of rotatable bonds is 6. The highest BCUT2D eigenvalue weighted by Crippen LogP contribution is 2.24. The monoisotopic (exact) mass is 362 g/mol. The number of non-ortho nitro benzene ring substituents is 1. The first kappa shape index (κ1) is 18.6. The van der Waals surface area contributed by atoms with Crippen LogP contribution in [-0.2, 0) is 9.84 Å². The Hall–Kier alpha value is -2.74. The average Bonchev–Trinajstić information content (AvgIpc) is 2.56. The molecule has 0 radical (unpaired) electrons. The molecule has 2 rings (SSSR count). The Bertz CT molecular complexity index is 922. The summed E-state index contributed by atoms with van der Waals surface area (Å²) in [5, 5.41) is 13.5. The molecule has 0 aliphatic carbocycles. The fourth-order valence-corrected chi connectivity index (χ4v) is 3.89. The lowest BCUT2D eigenvalue weighted by Gasteiger charge is -2.12. The van der Waals surface area contributed by atoms with Crippen LogP contribution < -0.4 is 5.32 Å². The van der Waals surface area contributed by atoms with E-state index in [0.717, 1.165) is 0 Å². The summed E-state index contributed by atoms with van der Waals surface area (Å²) in [6.07, 6.45) is 0.433. The van der Waals surface area contributed by atoms with Gasteiger partial charge in [-0.05, 0) is 31.0 Å². The third-order valence-electron chi connectivity index (χ3n) is 3.62. The zero-order valence-electron chi connectivity index (χ0n) is 13.9. The number of amides is 1. The van der Waals surface area contributed by atoms with Crippen molar-refractivity contribution in [2.75, 3.05) is 11.1 Å². The highest BCUT2D eigenvalue weighted by molar-refractivity contribution is 7.91. The molecule has 0 bridgehead atoms. The maximum absolute atomic E-state index is 12.6. The molecule has 2 aromatic rings. The first-order chi connectivity index (χ1) is 11.8. The second-order valence-corrected chi connectivity index (χ2v) is 7.60. The molecule has 7 nitrogen and oxygen atoms in total. The lowest BCUT2D eigenvalue weighted by molar-refractivity contribution is -0.384. The quantitative estimate of drug-likeness (QED) is 0.626. The van der Waals surface area contributed by atoms with Gasteiger partial charge in [-0.3, -0.25) is 14.9 Å². The minimum absolute atomic E-state index is 0.0156. The van der Waals surface area contributed by atoms with Crippen LogP contribution in [0.4, 0.5) is 11.4 Å². The van der Waals surface area contributed by atoms with E-state index < -0.39 is 20.7 Å². The summed E-state index contributed by atoms with van der Waals surface area (Å²) in [5.74, 6) is -0.688. The van der Waals surface area contributed by atoms with Gasteiger partial charge in [0, 0.05) is 12.1 Å². The Morgan fingerprint density at radius 3 is 2.52 bits per heavy atom. The van der Waals surface area contributed by atoms with Crippen LogP contribution in [0, 0.1) is 17.0 Å². The molecule has 0 aliphatic rings. The van der Waals surface area contributed by atoms with Crippen molar-refractivity contribution in [1.29, 1.82) is 0 Å². The van der Waals surface area contributed by atoms with Crippen LogP contribution in [0.1, 0.15) is 29.3 Å². The minimum Gasteiger partial charge on any atom is -0.321 e. The molecule has 1 amide bonds. The summed E-state index contributed by atoms with van der Waals surface area (Å²) in [6, 6.07) is 10.0. The SMILES string of the molecule is CCCS(=O)(=O)c1ccccc1C(=O)Nc1cc([N+](=O)[O-])ccc1C. The average molecular weight is 362 g/mol. The Morgan fingerprint density at radius 2 is 1.88 bits per heavy atom. The maximum atomic E-state index is 12.6. The van der Waals surface area contributed by atoms with Gasteiger partial charge in [0.1, 0.15) is 0 Å². The van der Waals surface area contributed by atoms with Gasteiger partial charge in [0.15, 0.2) is 9.84 Å². The van der Waals surface area contributed by atoms with Crippen molar-refractivity contribution < 1.29 is 18.1 Å². The summed E-state index contributed by atoms with van der Waals surface area (Å²) in [4.78, 5) is 22.9. The molecule has 0 spiro atoms.